The summed E-state index contributed by atoms with van der Waals surface area (Å²) in [6.07, 6.45) is 10.1. The van der Waals surface area contributed by atoms with Gasteiger partial charge in [0.25, 0.3) is 0 Å². The van der Waals surface area contributed by atoms with Crippen LogP contribution in [-0.2, 0) is 32.3 Å². The summed E-state index contributed by atoms with van der Waals surface area (Å²) in [7, 11) is 0. The summed E-state index contributed by atoms with van der Waals surface area (Å²) in [4.78, 5) is 3.78. The van der Waals surface area contributed by atoms with Crippen molar-refractivity contribution in [2.24, 2.45) is 0 Å². The van der Waals surface area contributed by atoms with Gasteiger partial charge in [0, 0.05) is 31.9 Å². The van der Waals surface area contributed by atoms with Gasteiger partial charge < -0.3 is 7.43 Å². The second-order valence-electron chi connectivity index (χ2n) is 6.71. The molecule has 0 N–H and O–H groups in total. The van der Waals surface area contributed by atoms with Crippen LogP contribution in [0.2, 0.25) is 0 Å². The Morgan fingerprint density at radius 1 is 0.636 bits per heavy atom. The number of aromatic nitrogens is 1. The molecule has 2 aromatic rings. The van der Waals surface area contributed by atoms with Crippen LogP contribution in [0, 0.1) is 7.43 Å². The smallest absolute Gasteiger partial charge is 0.0267 e. The van der Waals surface area contributed by atoms with E-state index in [1.54, 1.807) is 23.5 Å². The predicted molar refractivity (Wildman–Crippen MR) is 153 cm³/mol. The number of rotatable bonds is 0. The van der Waals surface area contributed by atoms with Gasteiger partial charge in [-0.25, -0.2) is 0 Å². The van der Waals surface area contributed by atoms with Crippen molar-refractivity contribution in [1.82, 2.24) is 4.98 Å². The first-order valence-corrected chi connectivity index (χ1v) is 12.5. The van der Waals surface area contributed by atoms with Gasteiger partial charge in [-0.05, 0) is 76.6 Å². The Kier molecular flexibility index (Phi) is 56.3. The van der Waals surface area contributed by atoms with Gasteiger partial charge in [0.15, 0.2) is 0 Å². The number of hydrogen-bond acceptors (Lipinski definition) is 1. The third-order valence-corrected chi connectivity index (χ3v) is 3.83. The second-order valence-corrected chi connectivity index (χ2v) is 6.71. The second kappa shape index (κ2) is 41.0. The quantitative estimate of drug-likeness (QED) is 0.182. The van der Waals surface area contributed by atoms with Crippen LogP contribution < -0.4 is 0 Å². The van der Waals surface area contributed by atoms with Crippen molar-refractivity contribution in [2.45, 2.75) is 115 Å². The summed E-state index contributed by atoms with van der Waals surface area (Å²) >= 11 is 0. The molecule has 1 nitrogen and oxygen atoms in total. The Hall–Kier alpha value is -1.27. The molecule has 0 amide bonds. The first-order chi connectivity index (χ1) is 15.0. The molecule has 0 bridgehead atoms. The topological polar surface area (TPSA) is 12.9 Å². The number of aryl methyl sites for hydroxylation is 2. The van der Waals surface area contributed by atoms with Crippen molar-refractivity contribution in [1.29, 1.82) is 0 Å². The molecule has 2 heteroatoms. The molecule has 0 unspecified atom stereocenters. The van der Waals surface area contributed by atoms with E-state index in [1.807, 2.05) is 59.7 Å². The Labute approximate surface area is 223 Å². The van der Waals surface area contributed by atoms with E-state index < -0.39 is 0 Å². The van der Waals surface area contributed by atoms with E-state index in [0.29, 0.717) is 0 Å². The largest absolute Gasteiger partial charge is 0.358 e. The molecule has 1 radical (unpaired) electrons. The molecule has 3 rings (SSSR count). The average Bonchev–Trinajstić information content (AvgIpc) is 2.85. The van der Waals surface area contributed by atoms with Crippen LogP contribution in [0.4, 0.5) is 0 Å². The molecule has 1 aliphatic rings. The maximum Gasteiger partial charge on any atom is 0.0267 e. The Bertz CT molecular complexity index is 507. The molecule has 0 saturated carbocycles. The molecule has 1 aliphatic carbocycles. The standard InChI is InChI=1S/C10H12.C6H12.C5H5N.C3H8.3C2H6.CH3.Rh/c1-2-6-10-8-4-3-7-9(10)5-1;1-5(2)6(3)4;1-2-4-6-5-3-1;1-3-2;3*1-2;;/h1-2,5-6H,3-4,7-8H2;1-4H3;1-5H;3H2,1-2H3;3*1-2H3;1H3;/q;;;;;;;-1;. The van der Waals surface area contributed by atoms with Gasteiger partial charge in [0.1, 0.15) is 0 Å². The molecule has 0 fully saturated rings. The molecule has 0 spiro atoms. The molecule has 33 heavy (non-hydrogen) atoms. The van der Waals surface area contributed by atoms with E-state index in [9.17, 15) is 0 Å². The van der Waals surface area contributed by atoms with E-state index >= 15 is 0 Å². The Morgan fingerprint density at radius 3 is 1.12 bits per heavy atom. The van der Waals surface area contributed by atoms with Crippen molar-refractivity contribution < 1.29 is 19.5 Å². The number of nitrogens with zero attached hydrogens (tertiary/aromatic N) is 1. The monoisotopic (exact) mass is 547 g/mol. The number of allylic oxidation sites excluding steroid dienone is 2. The fourth-order valence-corrected chi connectivity index (χ4v) is 1.99. The van der Waals surface area contributed by atoms with E-state index in [-0.39, 0.29) is 26.9 Å². The summed E-state index contributed by atoms with van der Waals surface area (Å²) in [6, 6.07) is 14.5. The molecular formula is C31H58NRh-. The van der Waals surface area contributed by atoms with E-state index in [0.717, 1.165) is 0 Å². The van der Waals surface area contributed by atoms with Crippen LogP contribution in [0.5, 0.6) is 0 Å². The van der Waals surface area contributed by atoms with E-state index in [1.165, 1.54) is 43.3 Å². The first-order valence-electron chi connectivity index (χ1n) is 12.5. The van der Waals surface area contributed by atoms with Crippen molar-refractivity contribution in [3.63, 3.8) is 0 Å². The zero-order valence-electron chi connectivity index (χ0n) is 24.5. The minimum Gasteiger partial charge on any atom is -0.358 e. The summed E-state index contributed by atoms with van der Waals surface area (Å²) in [5.74, 6) is 0. The van der Waals surface area contributed by atoms with Gasteiger partial charge in [-0.3, -0.25) is 4.98 Å². The van der Waals surface area contributed by atoms with Gasteiger partial charge in [-0.1, -0.05) is 103 Å². The van der Waals surface area contributed by atoms with Gasteiger partial charge in [0.05, 0.1) is 0 Å². The molecule has 1 heterocycles. The summed E-state index contributed by atoms with van der Waals surface area (Å²) in [6.45, 7) is 24.7. The minimum atomic E-state index is 0. The Morgan fingerprint density at radius 2 is 0.939 bits per heavy atom. The normalized spacial score (nSPS) is 8.97. The molecule has 1 aromatic carbocycles. The zero-order chi connectivity index (χ0) is 24.9. The minimum absolute atomic E-state index is 0. The van der Waals surface area contributed by atoms with E-state index in [2.05, 4.69) is 70.8 Å². The van der Waals surface area contributed by atoms with Crippen LogP contribution in [0.15, 0.2) is 66.0 Å². The summed E-state index contributed by atoms with van der Waals surface area (Å²) in [5, 5.41) is 0. The van der Waals surface area contributed by atoms with Crippen molar-refractivity contribution in [3.8, 4) is 0 Å². The zero-order valence-corrected chi connectivity index (χ0v) is 26.2. The number of benzene rings is 1. The molecule has 0 atom stereocenters. The van der Waals surface area contributed by atoms with Gasteiger partial charge in [-0.15, -0.1) is 0 Å². The first kappa shape index (κ1) is 45.3. The average molecular weight is 548 g/mol. The summed E-state index contributed by atoms with van der Waals surface area (Å²) < 4.78 is 0. The number of pyridine rings is 1. The maximum absolute atomic E-state index is 3.78. The third kappa shape index (κ3) is 35.5. The van der Waals surface area contributed by atoms with Crippen molar-refractivity contribution in [3.05, 3.63) is 84.6 Å². The van der Waals surface area contributed by atoms with Crippen molar-refractivity contribution in [2.75, 3.05) is 0 Å². The molecule has 0 aliphatic heterocycles. The van der Waals surface area contributed by atoms with Gasteiger partial charge in [-0.2, -0.15) is 0 Å². The van der Waals surface area contributed by atoms with E-state index in [4.69, 9.17) is 0 Å². The number of fused-ring (bicyclic) bond motifs is 1. The fourth-order valence-electron chi connectivity index (χ4n) is 1.99. The maximum atomic E-state index is 3.78. The van der Waals surface area contributed by atoms with Gasteiger partial charge in [0.2, 0.25) is 0 Å². The summed E-state index contributed by atoms with van der Waals surface area (Å²) in [5.41, 5.74) is 6.01. The predicted octanol–water partition coefficient (Wildman–Crippen LogP) is 11.0. The molecule has 0 saturated heterocycles. The van der Waals surface area contributed by atoms with Crippen LogP contribution in [0.3, 0.4) is 0 Å². The van der Waals surface area contributed by atoms with Crippen LogP contribution >= 0.6 is 0 Å². The Balaban J connectivity index is -0.0000000708. The third-order valence-electron chi connectivity index (χ3n) is 3.83. The van der Waals surface area contributed by atoms with Crippen molar-refractivity contribution >= 4 is 0 Å². The van der Waals surface area contributed by atoms with Gasteiger partial charge >= 0.3 is 0 Å². The fraction of sp³-hybridized carbons (Fsp3) is 0.548. The molecular weight excluding hydrogens is 489 g/mol. The SMILES string of the molecule is CC.CC.CC.CC(C)=C(C)C.CCC.[CH3-].[Rh].c1ccc2c(c1)CCCC2.c1ccncc1. The molecule has 197 valence electrons. The van der Waals surface area contributed by atoms with Crippen LogP contribution in [0.1, 0.15) is 113 Å². The number of hydrogen-bond donors (Lipinski definition) is 0. The molecule has 1 aromatic heterocycles. The van der Waals surface area contributed by atoms with Crippen LogP contribution in [0.25, 0.3) is 0 Å². The van der Waals surface area contributed by atoms with Crippen LogP contribution in [-0.4, -0.2) is 4.98 Å².